The summed E-state index contributed by atoms with van der Waals surface area (Å²) in [5.74, 6) is 0.676. The smallest absolute Gasteiger partial charge is 0.114 e. The van der Waals surface area contributed by atoms with Crippen LogP contribution in [0.4, 0.5) is 0 Å². The molecule has 0 saturated heterocycles. The summed E-state index contributed by atoms with van der Waals surface area (Å²) in [6, 6.07) is 14.8. The van der Waals surface area contributed by atoms with Crippen molar-refractivity contribution in [2.75, 3.05) is 6.61 Å². The summed E-state index contributed by atoms with van der Waals surface area (Å²) in [4.78, 5) is 0. The van der Waals surface area contributed by atoms with E-state index < -0.39 is 0 Å². The molecular formula is C17H18O. The van der Waals surface area contributed by atoms with E-state index in [4.69, 9.17) is 4.74 Å². The topological polar surface area (TPSA) is 9.23 Å². The summed E-state index contributed by atoms with van der Waals surface area (Å²) >= 11 is 0. The lowest BCUT2D eigenvalue weighted by atomic mass is 10.0. The molecule has 2 aromatic carbocycles. The molecule has 2 rings (SSSR count). The molecule has 0 fully saturated rings. The van der Waals surface area contributed by atoms with E-state index in [1.165, 1.54) is 16.3 Å². The second kappa shape index (κ2) is 5.54. The zero-order chi connectivity index (χ0) is 13.0. The van der Waals surface area contributed by atoms with E-state index in [1.807, 2.05) is 6.92 Å². The number of ether oxygens (including phenoxy) is 1. The minimum absolute atomic E-state index is 0.639. The van der Waals surface area contributed by atoms with Gasteiger partial charge in [-0.2, -0.15) is 0 Å². The fourth-order valence-corrected chi connectivity index (χ4v) is 1.92. The van der Waals surface area contributed by atoms with Gasteiger partial charge in [0.25, 0.3) is 0 Å². The lowest BCUT2D eigenvalue weighted by Crippen LogP contribution is -1.99. The number of fused-ring (bicyclic) bond motifs is 1. The van der Waals surface area contributed by atoms with Crippen LogP contribution < -0.4 is 0 Å². The number of rotatable bonds is 5. The van der Waals surface area contributed by atoms with Gasteiger partial charge in [-0.05, 0) is 28.8 Å². The third kappa shape index (κ3) is 2.80. The maximum Gasteiger partial charge on any atom is 0.114 e. The van der Waals surface area contributed by atoms with Crippen LogP contribution in [0, 0.1) is 0 Å². The van der Waals surface area contributed by atoms with Crippen LogP contribution in [0.2, 0.25) is 0 Å². The van der Waals surface area contributed by atoms with Crippen molar-refractivity contribution in [3.05, 3.63) is 72.5 Å². The van der Waals surface area contributed by atoms with E-state index in [-0.39, 0.29) is 0 Å². The van der Waals surface area contributed by atoms with Gasteiger partial charge in [0.05, 0.1) is 6.61 Å². The normalized spacial score (nSPS) is 10.3. The molecule has 0 aliphatic carbocycles. The summed E-state index contributed by atoms with van der Waals surface area (Å²) in [6.07, 6.45) is 0.883. The predicted octanol–water partition coefficient (Wildman–Crippen LogP) is 4.49. The largest absolute Gasteiger partial charge is 0.494 e. The van der Waals surface area contributed by atoms with Gasteiger partial charge in [0.1, 0.15) is 5.76 Å². The van der Waals surface area contributed by atoms with Crippen molar-refractivity contribution < 1.29 is 4.74 Å². The molecule has 0 saturated carbocycles. The quantitative estimate of drug-likeness (QED) is 0.551. The van der Waals surface area contributed by atoms with Gasteiger partial charge in [-0.3, -0.25) is 0 Å². The van der Waals surface area contributed by atoms with E-state index in [0.717, 1.165) is 12.0 Å². The van der Waals surface area contributed by atoms with Crippen molar-refractivity contribution in [3.63, 3.8) is 0 Å². The zero-order valence-electron chi connectivity index (χ0n) is 10.8. The fraction of sp³-hybridized carbons (Fsp3) is 0.176. The number of hydrogen-bond acceptors (Lipinski definition) is 1. The summed E-state index contributed by atoms with van der Waals surface area (Å²) in [6.45, 7) is 10.2. The average molecular weight is 238 g/mol. The molecule has 92 valence electrons. The van der Waals surface area contributed by atoms with Gasteiger partial charge >= 0.3 is 0 Å². The Balaban J connectivity index is 2.08. The van der Waals surface area contributed by atoms with E-state index in [9.17, 15) is 0 Å². The summed E-state index contributed by atoms with van der Waals surface area (Å²) < 4.78 is 5.56. The highest BCUT2D eigenvalue weighted by Crippen LogP contribution is 2.19. The van der Waals surface area contributed by atoms with Crippen molar-refractivity contribution >= 4 is 10.8 Å². The van der Waals surface area contributed by atoms with Gasteiger partial charge in [0.15, 0.2) is 0 Å². The Kier molecular flexibility index (Phi) is 3.83. The lowest BCUT2D eigenvalue weighted by Gasteiger charge is -2.10. The van der Waals surface area contributed by atoms with E-state index in [0.29, 0.717) is 12.4 Å². The summed E-state index contributed by atoms with van der Waals surface area (Å²) in [7, 11) is 0. The van der Waals surface area contributed by atoms with E-state index in [2.05, 4.69) is 55.6 Å². The van der Waals surface area contributed by atoms with Gasteiger partial charge in [0.2, 0.25) is 0 Å². The summed E-state index contributed by atoms with van der Waals surface area (Å²) in [5, 5.41) is 2.57. The molecule has 2 aromatic rings. The van der Waals surface area contributed by atoms with Crippen LogP contribution in [0.5, 0.6) is 0 Å². The Morgan fingerprint density at radius 3 is 2.56 bits per heavy atom. The summed E-state index contributed by atoms with van der Waals surface area (Å²) in [5.41, 5.74) is 2.19. The molecule has 0 heterocycles. The van der Waals surface area contributed by atoms with Crippen molar-refractivity contribution in [2.24, 2.45) is 0 Å². The molecule has 1 heteroatoms. The second-order valence-corrected chi connectivity index (χ2v) is 4.44. The van der Waals surface area contributed by atoms with E-state index in [1.54, 1.807) is 0 Å². The minimum Gasteiger partial charge on any atom is -0.494 e. The lowest BCUT2D eigenvalue weighted by molar-refractivity contribution is 0.225. The minimum atomic E-state index is 0.639. The first kappa shape index (κ1) is 12.4. The second-order valence-electron chi connectivity index (χ2n) is 4.44. The van der Waals surface area contributed by atoms with Crippen LogP contribution in [0.3, 0.4) is 0 Å². The Labute approximate surface area is 108 Å². The van der Waals surface area contributed by atoms with Crippen molar-refractivity contribution in [3.8, 4) is 0 Å². The van der Waals surface area contributed by atoms with Crippen molar-refractivity contribution in [1.82, 2.24) is 0 Å². The maximum absolute atomic E-state index is 5.56. The van der Waals surface area contributed by atoms with Gasteiger partial charge in [-0.15, -0.1) is 0 Å². The molecule has 0 bridgehead atoms. The fourth-order valence-electron chi connectivity index (χ4n) is 1.92. The van der Waals surface area contributed by atoms with Crippen LogP contribution in [0.15, 0.2) is 67.0 Å². The van der Waals surface area contributed by atoms with Crippen LogP contribution in [0.25, 0.3) is 10.8 Å². The Bertz CT molecular complexity index is 576. The van der Waals surface area contributed by atoms with Gasteiger partial charge in [-0.25, -0.2) is 0 Å². The van der Waals surface area contributed by atoms with Gasteiger partial charge < -0.3 is 4.74 Å². The van der Waals surface area contributed by atoms with Gasteiger partial charge in [0, 0.05) is 6.42 Å². The van der Waals surface area contributed by atoms with Crippen molar-refractivity contribution in [1.29, 1.82) is 0 Å². The maximum atomic E-state index is 5.56. The highest BCUT2D eigenvalue weighted by atomic mass is 16.5. The molecule has 0 atom stereocenters. The number of benzene rings is 2. The molecule has 0 radical (unpaired) electrons. The highest BCUT2D eigenvalue weighted by Gasteiger charge is 2.01. The highest BCUT2D eigenvalue weighted by molar-refractivity contribution is 5.85. The monoisotopic (exact) mass is 238 g/mol. The Morgan fingerprint density at radius 1 is 1.06 bits per heavy atom. The molecule has 0 amide bonds. The Hall–Kier alpha value is -2.02. The molecule has 0 N–H and O–H groups in total. The van der Waals surface area contributed by atoms with Crippen molar-refractivity contribution in [2.45, 2.75) is 13.3 Å². The average Bonchev–Trinajstić information content (AvgIpc) is 2.38. The van der Waals surface area contributed by atoms with Crippen LogP contribution in [-0.4, -0.2) is 6.61 Å². The van der Waals surface area contributed by atoms with Crippen LogP contribution in [-0.2, 0) is 11.2 Å². The molecule has 0 aromatic heterocycles. The third-order valence-electron chi connectivity index (χ3n) is 3.00. The third-order valence-corrected chi connectivity index (χ3v) is 3.00. The van der Waals surface area contributed by atoms with E-state index >= 15 is 0 Å². The molecule has 0 unspecified atom stereocenters. The molecule has 0 spiro atoms. The first-order valence-corrected chi connectivity index (χ1v) is 6.12. The molecule has 0 aliphatic rings. The number of allylic oxidation sites excluding steroid dienone is 1. The first-order valence-electron chi connectivity index (χ1n) is 6.12. The molecular weight excluding hydrogens is 220 g/mol. The Morgan fingerprint density at radius 2 is 1.78 bits per heavy atom. The van der Waals surface area contributed by atoms with Crippen LogP contribution in [0.1, 0.15) is 12.5 Å². The molecule has 18 heavy (non-hydrogen) atoms. The first-order chi connectivity index (χ1) is 8.68. The van der Waals surface area contributed by atoms with Crippen LogP contribution >= 0.6 is 0 Å². The number of hydrogen-bond donors (Lipinski definition) is 0. The molecule has 1 nitrogen and oxygen atoms in total. The SMILES string of the molecule is C=C(C)C(=C)OCCc1cccc2ccccc12. The zero-order valence-corrected chi connectivity index (χ0v) is 10.8. The molecule has 0 aliphatic heterocycles. The van der Waals surface area contributed by atoms with Gasteiger partial charge in [-0.1, -0.05) is 55.6 Å². The predicted molar refractivity (Wildman–Crippen MR) is 77.6 cm³/mol. The standard InChI is InChI=1S/C17H18O/c1-13(2)14(3)18-12-11-16-9-6-8-15-7-4-5-10-17(15)16/h4-10H,1,3,11-12H2,2H3.